The smallest absolute Gasteiger partial charge is 0.409 e. The summed E-state index contributed by atoms with van der Waals surface area (Å²) >= 11 is 0. The maximum absolute atomic E-state index is 12.1. The maximum atomic E-state index is 12.1. The molecule has 9 nitrogen and oxygen atoms in total. The molecule has 0 bridgehead atoms. The average Bonchev–Trinajstić information content (AvgIpc) is 3.10. The molecule has 0 spiro atoms. The Bertz CT molecular complexity index is 715. The lowest BCUT2D eigenvalue weighted by Crippen LogP contribution is -2.47. The Morgan fingerprint density at radius 3 is 2.63 bits per heavy atom. The van der Waals surface area contributed by atoms with Crippen molar-refractivity contribution in [3.05, 3.63) is 18.2 Å². The van der Waals surface area contributed by atoms with Gasteiger partial charge in [0, 0.05) is 30.9 Å². The lowest BCUT2D eigenvalue weighted by molar-refractivity contribution is -0.127. The molecule has 0 saturated carbocycles. The Balaban J connectivity index is 1.40. The van der Waals surface area contributed by atoms with Crippen LogP contribution in [0.5, 0.6) is 11.5 Å². The van der Waals surface area contributed by atoms with E-state index in [-0.39, 0.29) is 31.3 Å². The van der Waals surface area contributed by atoms with Crippen LogP contribution < -0.4 is 20.1 Å². The normalized spacial score (nSPS) is 16.0. The quantitative estimate of drug-likeness (QED) is 0.753. The molecule has 27 heavy (non-hydrogen) atoms. The molecule has 0 atom stereocenters. The van der Waals surface area contributed by atoms with Crippen LogP contribution in [0.4, 0.5) is 10.5 Å². The molecule has 3 rings (SSSR count). The predicted octanol–water partition coefficient (Wildman–Crippen LogP) is 1.48. The summed E-state index contributed by atoms with van der Waals surface area (Å²) in [4.78, 5) is 37.4. The molecule has 1 saturated heterocycles. The molecule has 2 heterocycles. The molecule has 146 valence electrons. The van der Waals surface area contributed by atoms with Gasteiger partial charge in [-0.05, 0) is 31.9 Å². The van der Waals surface area contributed by atoms with Crippen molar-refractivity contribution in [2.45, 2.75) is 32.2 Å². The molecule has 2 aliphatic rings. The van der Waals surface area contributed by atoms with Crippen molar-refractivity contribution in [3.8, 4) is 11.5 Å². The zero-order valence-electron chi connectivity index (χ0n) is 15.2. The minimum atomic E-state index is -0.407. The van der Waals surface area contributed by atoms with Gasteiger partial charge in [-0.1, -0.05) is 0 Å². The van der Waals surface area contributed by atoms with Crippen LogP contribution in [0.2, 0.25) is 0 Å². The number of benzene rings is 1. The first-order chi connectivity index (χ1) is 13.0. The lowest BCUT2D eigenvalue weighted by atomic mass is 10.1. The number of fused-ring (bicyclic) bond motifs is 1. The first kappa shape index (κ1) is 18.8. The second kappa shape index (κ2) is 8.61. The standard InChI is InChI=1S/C18H23N3O6/c1-2-25-18(24)21-7-5-12(6-8-21)19-16(22)10-17(23)20-13-3-4-14-15(9-13)27-11-26-14/h3-4,9,12H,2,5-8,10-11H2,1H3,(H,19,22)(H,20,23). The minimum absolute atomic E-state index is 0.0541. The van der Waals surface area contributed by atoms with Crippen molar-refractivity contribution in [2.24, 2.45) is 0 Å². The predicted molar refractivity (Wildman–Crippen MR) is 95.6 cm³/mol. The van der Waals surface area contributed by atoms with E-state index in [0.29, 0.717) is 49.7 Å². The van der Waals surface area contributed by atoms with E-state index >= 15 is 0 Å². The van der Waals surface area contributed by atoms with E-state index in [1.807, 2.05) is 0 Å². The van der Waals surface area contributed by atoms with E-state index in [4.69, 9.17) is 14.2 Å². The fraction of sp³-hybridized carbons (Fsp3) is 0.500. The number of carbonyl (C=O) groups is 3. The number of piperidine rings is 1. The zero-order chi connectivity index (χ0) is 19.2. The zero-order valence-corrected chi connectivity index (χ0v) is 15.2. The Labute approximate surface area is 156 Å². The first-order valence-corrected chi connectivity index (χ1v) is 8.95. The third-order valence-corrected chi connectivity index (χ3v) is 4.36. The Morgan fingerprint density at radius 2 is 1.89 bits per heavy atom. The number of hydrogen-bond acceptors (Lipinski definition) is 6. The molecule has 0 radical (unpaired) electrons. The van der Waals surface area contributed by atoms with Crippen LogP contribution in [0, 0.1) is 0 Å². The molecule has 1 fully saturated rings. The second-order valence-corrected chi connectivity index (χ2v) is 6.32. The second-order valence-electron chi connectivity index (χ2n) is 6.32. The third kappa shape index (κ3) is 5.02. The van der Waals surface area contributed by atoms with Gasteiger partial charge in [-0.25, -0.2) is 4.79 Å². The van der Waals surface area contributed by atoms with Gasteiger partial charge in [0.25, 0.3) is 0 Å². The molecular formula is C18H23N3O6. The highest BCUT2D eigenvalue weighted by molar-refractivity contribution is 6.03. The largest absolute Gasteiger partial charge is 0.454 e. The van der Waals surface area contributed by atoms with Crippen molar-refractivity contribution in [1.82, 2.24) is 10.2 Å². The van der Waals surface area contributed by atoms with Crippen LogP contribution in [-0.2, 0) is 14.3 Å². The third-order valence-electron chi connectivity index (χ3n) is 4.36. The molecule has 9 heteroatoms. The van der Waals surface area contributed by atoms with Crippen LogP contribution >= 0.6 is 0 Å². The van der Waals surface area contributed by atoms with Crippen molar-refractivity contribution in [3.63, 3.8) is 0 Å². The van der Waals surface area contributed by atoms with Crippen LogP contribution in [0.15, 0.2) is 18.2 Å². The molecule has 0 unspecified atom stereocenters. The van der Waals surface area contributed by atoms with Gasteiger partial charge in [-0.3, -0.25) is 9.59 Å². The van der Waals surface area contributed by atoms with E-state index < -0.39 is 5.91 Å². The van der Waals surface area contributed by atoms with Gasteiger partial charge in [0.15, 0.2) is 11.5 Å². The van der Waals surface area contributed by atoms with Crippen LogP contribution in [0.1, 0.15) is 26.2 Å². The van der Waals surface area contributed by atoms with Gasteiger partial charge in [-0.15, -0.1) is 0 Å². The highest BCUT2D eigenvalue weighted by Gasteiger charge is 2.25. The van der Waals surface area contributed by atoms with Gasteiger partial charge in [0.1, 0.15) is 6.42 Å². The van der Waals surface area contributed by atoms with E-state index in [2.05, 4.69) is 10.6 Å². The van der Waals surface area contributed by atoms with Crippen LogP contribution in [0.3, 0.4) is 0 Å². The van der Waals surface area contributed by atoms with Gasteiger partial charge >= 0.3 is 6.09 Å². The van der Waals surface area contributed by atoms with Crippen LogP contribution in [0.25, 0.3) is 0 Å². The van der Waals surface area contributed by atoms with Gasteiger partial charge in [0.05, 0.1) is 6.61 Å². The molecule has 1 aromatic rings. The van der Waals surface area contributed by atoms with Gasteiger partial charge in [-0.2, -0.15) is 0 Å². The fourth-order valence-corrected chi connectivity index (χ4v) is 3.03. The summed E-state index contributed by atoms with van der Waals surface area (Å²) in [6.45, 7) is 3.30. The highest BCUT2D eigenvalue weighted by atomic mass is 16.7. The van der Waals surface area contributed by atoms with Gasteiger partial charge < -0.3 is 29.7 Å². The monoisotopic (exact) mass is 377 g/mol. The number of rotatable bonds is 5. The Morgan fingerprint density at radius 1 is 1.15 bits per heavy atom. The summed E-state index contributed by atoms with van der Waals surface area (Å²) in [7, 11) is 0. The molecule has 3 amide bonds. The van der Waals surface area contributed by atoms with E-state index in [9.17, 15) is 14.4 Å². The topological polar surface area (TPSA) is 106 Å². The number of ether oxygens (including phenoxy) is 3. The number of hydrogen-bond donors (Lipinski definition) is 2. The first-order valence-electron chi connectivity index (χ1n) is 8.95. The summed E-state index contributed by atoms with van der Waals surface area (Å²) in [6, 6.07) is 4.99. The molecular weight excluding hydrogens is 354 g/mol. The number of likely N-dealkylation sites (tertiary alicyclic amines) is 1. The summed E-state index contributed by atoms with van der Waals surface area (Å²) in [6.07, 6.45) is 0.667. The maximum Gasteiger partial charge on any atom is 0.409 e. The van der Waals surface area contributed by atoms with Crippen LogP contribution in [-0.4, -0.2) is 55.3 Å². The number of nitrogens with one attached hydrogen (secondary N) is 2. The van der Waals surface area contributed by atoms with Gasteiger partial charge in [0.2, 0.25) is 18.6 Å². The summed E-state index contributed by atoms with van der Waals surface area (Å²) in [5.74, 6) is 0.434. The number of carbonyl (C=O) groups excluding carboxylic acids is 3. The van der Waals surface area contributed by atoms with E-state index in [1.165, 1.54) is 0 Å². The SMILES string of the molecule is CCOC(=O)N1CCC(NC(=O)CC(=O)Nc2ccc3c(c2)OCO3)CC1. The summed E-state index contributed by atoms with van der Waals surface area (Å²) < 4.78 is 15.4. The molecule has 0 aliphatic carbocycles. The molecule has 0 aromatic heterocycles. The van der Waals surface area contributed by atoms with Crippen molar-refractivity contribution >= 4 is 23.6 Å². The summed E-state index contributed by atoms with van der Waals surface area (Å²) in [5.41, 5.74) is 0.541. The molecule has 2 aliphatic heterocycles. The van der Waals surface area contributed by atoms with Crippen molar-refractivity contribution in [2.75, 3.05) is 31.8 Å². The van der Waals surface area contributed by atoms with Crippen molar-refractivity contribution in [1.29, 1.82) is 0 Å². The lowest BCUT2D eigenvalue weighted by Gasteiger charge is -2.31. The Hall–Kier alpha value is -2.97. The number of anilines is 1. The molecule has 1 aromatic carbocycles. The average molecular weight is 377 g/mol. The number of nitrogens with zero attached hydrogens (tertiary/aromatic N) is 1. The van der Waals surface area contributed by atoms with E-state index in [0.717, 1.165) is 0 Å². The van der Waals surface area contributed by atoms with Crippen molar-refractivity contribution < 1.29 is 28.6 Å². The number of amides is 3. The van der Waals surface area contributed by atoms with E-state index in [1.54, 1.807) is 30.0 Å². The highest BCUT2D eigenvalue weighted by Crippen LogP contribution is 2.34. The minimum Gasteiger partial charge on any atom is -0.454 e. The molecule has 2 N–H and O–H groups in total. The summed E-state index contributed by atoms with van der Waals surface area (Å²) in [5, 5.41) is 5.52. The Kier molecular flexibility index (Phi) is 6.00. The fourth-order valence-electron chi connectivity index (χ4n) is 3.03.